The highest BCUT2D eigenvalue weighted by molar-refractivity contribution is 5.00. The number of rotatable bonds is 3. The molecule has 0 unspecified atom stereocenters. The van der Waals surface area contributed by atoms with E-state index in [9.17, 15) is 4.79 Å². The summed E-state index contributed by atoms with van der Waals surface area (Å²) in [5.74, 6) is 0.801. The van der Waals surface area contributed by atoms with E-state index in [2.05, 4.69) is 21.8 Å². The Labute approximate surface area is 102 Å². The van der Waals surface area contributed by atoms with Gasteiger partial charge in [-0.3, -0.25) is 9.69 Å². The largest absolute Gasteiger partial charge is 0.309 e. The minimum atomic E-state index is -0.0439. The summed E-state index contributed by atoms with van der Waals surface area (Å²) in [6, 6.07) is 2.19. The van der Waals surface area contributed by atoms with Gasteiger partial charge in [-0.1, -0.05) is 13.3 Å². The van der Waals surface area contributed by atoms with Crippen LogP contribution >= 0.6 is 0 Å². The van der Waals surface area contributed by atoms with E-state index in [0.29, 0.717) is 6.04 Å². The molecule has 1 saturated heterocycles. The van der Waals surface area contributed by atoms with Crippen molar-refractivity contribution in [3.63, 3.8) is 0 Å². The molecule has 0 aliphatic carbocycles. The number of piperidine rings is 1. The van der Waals surface area contributed by atoms with Crippen molar-refractivity contribution in [1.29, 1.82) is 0 Å². The SMILES string of the molecule is CC[C@@H]1CCCCN1Cc1nc(C)cc(=O)[nH]1. The molecule has 1 aromatic rings. The number of hydrogen-bond donors (Lipinski definition) is 1. The first-order valence-electron chi connectivity index (χ1n) is 6.50. The quantitative estimate of drug-likeness (QED) is 0.869. The predicted molar refractivity (Wildman–Crippen MR) is 67.9 cm³/mol. The molecule has 2 heterocycles. The van der Waals surface area contributed by atoms with Crippen LogP contribution in [-0.4, -0.2) is 27.5 Å². The van der Waals surface area contributed by atoms with Crippen molar-refractivity contribution in [2.75, 3.05) is 6.54 Å². The highest BCUT2D eigenvalue weighted by Crippen LogP contribution is 2.20. The number of likely N-dealkylation sites (tertiary alicyclic amines) is 1. The summed E-state index contributed by atoms with van der Waals surface area (Å²) in [6.07, 6.45) is 5.03. The van der Waals surface area contributed by atoms with Gasteiger partial charge in [-0.15, -0.1) is 0 Å². The number of nitrogens with zero attached hydrogens (tertiary/aromatic N) is 2. The summed E-state index contributed by atoms with van der Waals surface area (Å²) in [5, 5.41) is 0. The van der Waals surface area contributed by atoms with Crippen molar-refractivity contribution in [2.24, 2.45) is 0 Å². The fraction of sp³-hybridized carbons (Fsp3) is 0.692. The van der Waals surface area contributed by atoms with E-state index in [1.807, 2.05) is 6.92 Å². The van der Waals surface area contributed by atoms with Crippen molar-refractivity contribution in [3.8, 4) is 0 Å². The lowest BCUT2D eigenvalue weighted by atomic mass is 10.0. The molecular weight excluding hydrogens is 214 g/mol. The van der Waals surface area contributed by atoms with E-state index >= 15 is 0 Å². The summed E-state index contributed by atoms with van der Waals surface area (Å²) >= 11 is 0. The van der Waals surface area contributed by atoms with E-state index in [0.717, 1.165) is 24.6 Å². The van der Waals surface area contributed by atoms with Gasteiger partial charge in [0.15, 0.2) is 0 Å². The standard InChI is InChI=1S/C13H21N3O/c1-3-11-6-4-5-7-16(11)9-12-14-10(2)8-13(17)15-12/h8,11H,3-7,9H2,1-2H3,(H,14,15,17)/t11-/m1/s1. The third kappa shape index (κ3) is 3.16. The molecule has 17 heavy (non-hydrogen) atoms. The third-order valence-electron chi connectivity index (χ3n) is 3.49. The Bertz CT molecular complexity index is 427. The predicted octanol–water partition coefficient (Wildman–Crippen LogP) is 1.84. The second kappa shape index (κ2) is 5.45. The molecule has 1 fully saturated rings. The summed E-state index contributed by atoms with van der Waals surface area (Å²) in [5.41, 5.74) is 0.756. The molecule has 0 saturated carbocycles. The van der Waals surface area contributed by atoms with Crippen LogP contribution in [0.2, 0.25) is 0 Å². The molecule has 1 atom stereocenters. The molecule has 4 nitrogen and oxygen atoms in total. The Kier molecular flexibility index (Phi) is 3.94. The molecule has 1 aliphatic heterocycles. The van der Waals surface area contributed by atoms with Gasteiger partial charge in [0.2, 0.25) is 0 Å². The number of hydrogen-bond acceptors (Lipinski definition) is 3. The van der Waals surface area contributed by atoms with Crippen LogP contribution in [0.1, 0.15) is 44.1 Å². The monoisotopic (exact) mass is 235 g/mol. The van der Waals surface area contributed by atoms with Gasteiger partial charge in [0.05, 0.1) is 6.54 Å². The maximum atomic E-state index is 11.4. The summed E-state index contributed by atoms with van der Waals surface area (Å²) in [7, 11) is 0. The fourth-order valence-electron chi connectivity index (χ4n) is 2.64. The molecule has 1 N–H and O–H groups in total. The van der Waals surface area contributed by atoms with Gasteiger partial charge in [0.25, 0.3) is 5.56 Å². The van der Waals surface area contributed by atoms with Gasteiger partial charge in [0.1, 0.15) is 5.82 Å². The van der Waals surface area contributed by atoms with Gasteiger partial charge in [-0.25, -0.2) is 4.98 Å². The van der Waals surface area contributed by atoms with Crippen LogP contribution in [0, 0.1) is 6.92 Å². The van der Waals surface area contributed by atoms with Crippen molar-refractivity contribution in [1.82, 2.24) is 14.9 Å². The van der Waals surface area contributed by atoms with Crippen LogP contribution in [0.4, 0.5) is 0 Å². The second-order valence-corrected chi connectivity index (χ2v) is 4.86. The molecule has 0 radical (unpaired) electrons. The van der Waals surface area contributed by atoms with E-state index in [1.54, 1.807) is 0 Å². The first-order valence-corrected chi connectivity index (χ1v) is 6.50. The molecule has 94 valence electrons. The summed E-state index contributed by atoms with van der Waals surface area (Å²) < 4.78 is 0. The Balaban J connectivity index is 2.10. The average Bonchev–Trinajstić information content (AvgIpc) is 2.28. The van der Waals surface area contributed by atoms with Gasteiger partial charge in [-0.2, -0.15) is 0 Å². The zero-order valence-electron chi connectivity index (χ0n) is 10.7. The molecular formula is C13H21N3O. The van der Waals surface area contributed by atoms with Crippen LogP contribution < -0.4 is 5.56 Å². The lowest BCUT2D eigenvalue weighted by Crippen LogP contribution is -2.39. The van der Waals surface area contributed by atoms with E-state index < -0.39 is 0 Å². The smallest absolute Gasteiger partial charge is 0.251 e. The maximum Gasteiger partial charge on any atom is 0.251 e. The number of aromatic amines is 1. The van der Waals surface area contributed by atoms with E-state index in [4.69, 9.17) is 0 Å². The highest BCUT2D eigenvalue weighted by atomic mass is 16.1. The topological polar surface area (TPSA) is 49.0 Å². The van der Waals surface area contributed by atoms with E-state index in [1.165, 1.54) is 31.7 Å². The normalized spacial score (nSPS) is 21.6. The fourth-order valence-corrected chi connectivity index (χ4v) is 2.64. The first-order chi connectivity index (χ1) is 8.19. The molecule has 1 aliphatic rings. The maximum absolute atomic E-state index is 11.4. The Morgan fingerprint density at radius 3 is 3.06 bits per heavy atom. The van der Waals surface area contributed by atoms with Crippen LogP contribution in [0.15, 0.2) is 10.9 Å². The number of nitrogens with one attached hydrogen (secondary N) is 1. The van der Waals surface area contributed by atoms with E-state index in [-0.39, 0.29) is 5.56 Å². The first kappa shape index (κ1) is 12.3. The lowest BCUT2D eigenvalue weighted by molar-refractivity contribution is 0.132. The highest BCUT2D eigenvalue weighted by Gasteiger charge is 2.21. The average molecular weight is 235 g/mol. The zero-order valence-corrected chi connectivity index (χ0v) is 10.7. The zero-order chi connectivity index (χ0) is 12.3. The molecule has 0 aromatic carbocycles. The van der Waals surface area contributed by atoms with Crippen LogP contribution in [0.5, 0.6) is 0 Å². The van der Waals surface area contributed by atoms with Crippen LogP contribution in [0.25, 0.3) is 0 Å². The van der Waals surface area contributed by atoms with Crippen LogP contribution in [-0.2, 0) is 6.54 Å². The second-order valence-electron chi connectivity index (χ2n) is 4.86. The molecule has 2 rings (SSSR count). The van der Waals surface area contributed by atoms with Crippen molar-refractivity contribution >= 4 is 0 Å². The van der Waals surface area contributed by atoms with Gasteiger partial charge >= 0.3 is 0 Å². The van der Waals surface area contributed by atoms with Crippen LogP contribution in [0.3, 0.4) is 0 Å². The minimum absolute atomic E-state index is 0.0439. The Morgan fingerprint density at radius 1 is 1.53 bits per heavy atom. The van der Waals surface area contributed by atoms with Crippen molar-refractivity contribution < 1.29 is 0 Å². The van der Waals surface area contributed by atoms with Crippen molar-refractivity contribution in [3.05, 3.63) is 27.9 Å². The molecule has 0 amide bonds. The Morgan fingerprint density at radius 2 is 2.35 bits per heavy atom. The summed E-state index contributed by atoms with van der Waals surface area (Å²) in [4.78, 5) is 21.1. The van der Waals surface area contributed by atoms with Gasteiger partial charge in [-0.05, 0) is 32.7 Å². The summed E-state index contributed by atoms with van der Waals surface area (Å²) in [6.45, 7) is 5.99. The van der Waals surface area contributed by atoms with Gasteiger partial charge < -0.3 is 4.98 Å². The molecule has 1 aromatic heterocycles. The Hall–Kier alpha value is -1.16. The molecule has 0 spiro atoms. The molecule has 4 heteroatoms. The number of aromatic nitrogens is 2. The number of aryl methyl sites for hydroxylation is 1. The molecule has 0 bridgehead atoms. The third-order valence-corrected chi connectivity index (χ3v) is 3.49. The van der Waals surface area contributed by atoms with Gasteiger partial charge in [0, 0.05) is 17.8 Å². The number of H-pyrrole nitrogens is 1. The lowest BCUT2D eigenvalue weighted by Gasteiger charge is -2.34. The van der Waals surface area contributed by atoms with Crippen molar-refractivity contribution in [2.45, 2.75) is 52.1 Å². The minimum Gasteiger partial charge on any atom is -0.309 e.